The second-order valence-corrected chi connectivity index (χ2v) is 8.64. The van der Waals surface area contributed by atoms with Crippen molar-refractivity contribution in [1.82, 2.24) is 10.2 Å². The van der Waals surface area contributed by atoms with E-state index < -0.39 is 22.5 Å². The Kier molecular flexibility index (Phi) is 3.29. The minimum atomic E-state index is -1.75. The highest BCUT2D eigenvalue weighted by molar-refractivity contribution is 9.10. The van der Waals surface area contributed by atoms with E-state index in [4.69, 9.17) is 0 Å². The predicted octanol–water partition coefficient (Wildman–Crippen LogP) is 1.05. The Morgan fingerprint density at radius 1 is 1.17 bits per heavy atom. The van der Waals surface area contributed by atoms with Gasteiger partial charge in [-0.2, -0.15) is 0 Å². The number of aliphatic hydroxyl groups is 1. The van der Waals surface area contributed by atoms with Gasteiger partial charge in [0.2, 0.25) is 5.72 Å². The molecule has 0 radical (unpaired) electrons. The van der Waals surface area contributed by atoms with E-state index in [-0.39, 0.29) is 5.78 Å². The van der Waals surface area contributed by atoms with Crippen LogP contribution in [-0.2, 0) is 15.3 Å². The number of benzene rings is 1. The highest BCUT2D eigenvalue weighted by atomic mass is 79.9. The zero-order valence-corrected chi connectivity index (χ0v) is 15.2. The molecular weight excluding hydrogens is 374 g/mol. The first-order valence-electron chi connectivity index (χ1n) is 8.04. The quantitative estimate of drug-likeness (QED) is 0.664. The molecule has 4 rings (SSSR count). The molecule has 128 valence electrons. The van der Waals surface area contributed by atoms with E-state index in [1.54, 1.807) is 17.0 Å². The van der Waals surface area contributed by atoms with Crippen LogP contribution in [0.15, 0.2) is 22.7 Å². The van der Waals surface area contributed by atoms with Crippen molar-refractivity contribution in [3.05, 3.63) is 28.2 Å². The summed E-state index contributed by atoms with van der Waals surface area (Å²) in [7, 11) is 0. The number of hydrogen-bond acceptors (Lipinski definition) is 5. The summed E-state index contributed by atoms with van der Waals surface area (Å²) in [5.74, 6) is -0.246. The number of likely N-dealkylation sites (tertiary alicyclic amines) is 1. The van der Waals surface area contributed by atoms with Crippen LogP contribution in [0.4, 0.5) is 5.69 Å². The molecule has 2 fully saturated rings. The Morgan fingerprint density at radius 2 is 1.79 bits per heavy atom. The van der Waals surface area contributed by atoms with Crippen molar-refractivity contribution in [2.75, 3.05) is 31.5 Å². The highest BCUT2D eigenvalue weighted by Crippen LogP contribution is 2.47. The van der Waals surface area contributed by atoms with E-state index in [0.29, 0.717) is 37.4 Å². The van der Waals surface area contributed by atoms with Crippen molar-refractivity contribution in [3.8, 4) is 0 Å². The van der Waals surface area contributed by atoms with Crippen molar-refractivity contribution in [1.29, 1.82) is 0 Å². The van der Waals surface area contributed by atoms with E-state index in [9.17, 15) is 14.7 Å². The van der Waals surface area contributed by atoms with Gasteiger partial charge in [-0.3, -0.25) is 14.5 Å². The number of nitrogens with zero attached hydrogens (tertiary/aromatic N) is 1. The van der Waals surface area contributed by atoms with Gasteiger partial charge in [-0.05, 0) is 18.2 Å². The lowest BCUT2D eigenvalue weighted by Crippen LogP contribution is -2.71. The molecule has 6 nitrogen and oxygen atoms in total. The van der Waals surface area contributed by atoms with Crippen LogP contribution in [0.2, 0.25) is 0 Å². The maximum absolute atomic E-state index is 12.8. The lowest BCUT2D eigenvalue weighted by molar-refractivity contribution is -0.185. The number of piperidine rings is 2. The fourth-order valence-electron chi connectivity index (χ4n) is 4.45. The molecule has 24 heavy (non-hydrogen) atoms. The molecular formula is C17H20BrN3O3. The number of nitrogens with one attached hydrogen (secondary N) is 2. The first-order valence-corrected chi connectivity index (χ1v) is 8.83. The third-order valence-electron chi connectivity index (χ3n) is 5.59. The summed E-state index contributed by atoms with van der Waals surface area (Å²) >= 11 is 3.41. The van der Waals surface area contributed by atoms with Crippen LogP contribution in [0, 0.1) is 10.8 Å². The Bertz CT molecular complexity index is 747. The number of amides is 1. The second-order valence-electron chi connectivity index (χ2n) is 7.73. The number of halogens is 1. The number of anilines is 1. The summed E-state index contributed by atoms with van der Waals surface area (Å²) in [5, 5.41) is 17.5. The fourth-order valence-corrected chi connectivity index (χ4v) is 4.81. The van der Waals surface area contributed by atoms with Crippen molar-refractivity contribution < 1.29 is 14.7 Å². The average Bonchev–Trinajstić information content (AvgIpc) is 2.75. The molecule has 3 aliphatic heterocycles. The Labute approximate surface area is 148 Å². The predicted molar refractivity (Wildman–Crippen MR) is 92.3 cm³/mol. The first kappa shape index (κ1) is 16.2. The number of carbonyl (C=O) groups is 2. The van der Waals surface area contributed by atoms with Gasteiger partial charge in [-0.15, -0.1) is 0 Å². The Balaban J connectivity index is 1.81. The van der Waals surface area contributed by atoms with Gasteiger partial charge in [0.05, 0.1) is 10.8 Å². The Morgan fingerprint density at radius 3 is 2.42 bits per heavy atom. The third kappa shape index (κ3) is 1.98. The summed E-state index contributed by atoms with van der Waals surface area (Å²) < 4.78 is 0.795. The maximum Gasteiger partial charge on any atom is 0.276 e. The van der Waals surface area contributed by atoms with Crippen LogP contribution in [0.25, 0.3) is 0 Å². The van der Waals surface area contributed by atoms with E-state index in [2.05, 4.69) is 26.6 Å². The molecule has 7 heteroatoms. The van der Waals surface area contributed by atoms with Crippen LogP contribution in [-0.4, -0.2) is 47.9 Å². The molecule has 3 atom stereocenters. The molecule has 0 aromatic heterocycles. The van der Waals surface area contributed by atoms with Crippen molar-refractivity contribution in [3.63, 3.8) is 0 Å². The molecule has 1 aromatic rings. The maximum atomic E-state index is 12.8. The summed E-state index contributed by atoms with van der Waals surface area (Å²) in [6.07, 6.45) is 0. The number of carbonyl (C=O) groups excluding carboxylic acids is 2. The van der Waals surface area contributed by atoms with Gasteiger partial charge >= 0.3 is 0 Å². The molecule has 2 bridgehead atoms. The molecule has 3 aliphatic rings. The van der Waals surface area contributed by atoms with Crippen molar-refractivity contribution in [2.45, 2.75) is 19.6 Å². The minimum Gasteiger partial charge on any atom is -0.364 e. The molecule has 0 aliphatic carbocycles. The summed E-state index contributed by atoms with van der Waals surface area (Å²) in [4.78, 5) is 27.3. The van der Waals surface area contributed by atoms with Crippen molar-refractivity contribution >= 4 is 33.3 Å². The van der Waals surface area contributed by atoms with Crippen molar-refractivity contribution in [2.24, 2.45) is 10.8 Å². The summed E-state index contributed by atoms with van der Waals surface area (Å²) in [6, 6.07) is 5.37. The molecule has 1 amide bonds. The SMILES string of the molecule is C[C@]12CNC[C@@](C)(CN([C@@]3(O)C(=O)Nc4ccc(Br)cc43)C1)C2=O. The number of rotatable bonds is 1. The van der Waals surface area contributed by atoms with Gasteiger partial charge < -0.3 is 15.7 Å². The highest BCUT2D eigenvalue weighted by Gasteiger charge is 2.60. The Hall–Kier alpha value is -1.28. The lowest BCUT2D eigenvalue weighted by Gasteiger charge is -2.54. The van der Waals surface area contributed by atoms with E-state index >= 15 is 0 Å². The lowest BCUT2D eigenvalue weighted by atomic mass is 9.64. The number of Topliss-reactive ketones (excluding diaryl/α,β-unsaturated/α-hetero) is 1. The third-order valence-corrected chi connectivity index (χ3v) is 6.08. The second kappa shape index (κ2) is 4.88. The summed E-state index contributed by atoms with van der Waals surface area (Å²) in [6.45, 7) is 5.60. The zero-order valence-electron chi connectivity index (χ0n) is 13.6. The zero-order chi connectivity index (χ0) is 17.3. The smallest absolute Gasteiger partial charge is 0.276 e. The number of fused-ring (bicyclic) bond motifs is 3. The van der Waals surface area contributed by atoms with E-state index in [1.807, 2.05) is 19.9 Å². The molecule has 2 saturated heterocycles. The van der Waals surface area contributed by atoms with Gasteiger partial charge in [0.1, 0.15) is 5.78 Å². The fraction of sp³-hybridized carbons (Fsp3) is 0.529. The van der Waals surface area contributed by atoms with Gasteiger partial charge in [0.15, 0.2) is 0 Å². The number of hydrogen-bond donors (Lipinski definition) is 3. The monoisotopic (exact) mass is 393 g/mol. The molecule has 0 unspecified atom stereocenters. The minimum absolute atomic E-state index is 0.210. The summed E-state index contributed by atoms with van der Waals surface area (Å²) in [5.41, 5.74) is -1.83. The average molecular weight is 394 g/mol. The van der Waals surface area contributed by atoms with Gasteiger partial charge in [-0.25, -0.2) is 0 Å². The van der Waals surface area contributed by atoms with Gasteiger partial charge in [0.25, 0.3) is 5.91 Å². The van der Waals surface area contributed by atoms with Crippen LogP contribution in [0.1, 0.15) is 19.4 Å². The van der Waals surface area contributed by atoms with Crippen LogP contribution >= 0.6 is 15.9 Å². The normalized spacial score (nSPS) is 38.8. The van der Waals surface area contributed by atoms with E-state index in [0.717, 1.165) is 4.47 Å². The molecule has 3 heterocycles. The topological polar surface area (TPSA) is 81.7 Å². The van der Waals surface area contributed by atoms with Crippen LogP contribution in [0.5, 0.6) is 0 Å². The standard InChI is InChI=1S/C17H20BrN3O3/c1-15-6-19-7-16(2,13(15)22)9-21(8-15)17(24)11-5-10(18)3-4-12(11)20-14(17)23/h3-5,19,24H,6-9H2,1-2H3,(H,20,23)/t15-,16-,17-/m0/s1. The van der Waals surface area contributed by atoms with Crippen LogP contribution < -0.4 is 10.6 Å². The van der Waals surface area contributed by atoms with E-state index in [1.165, 1.54) is 0 Å². The van der Waals surface area contributed by atoms with Crippen LogP contribution in [0.3, 0.4) is 0 Å². The molecule has 1 aromatic carbocycles. The molecule has 0 spiro atoms. The molecule has 3 N–H and O–H groups in total. The largest absolute Gasteiger partial charge is 0.364 e. The van der Waals surface area contributed by atoms with Gasteiger partial charge in [-0.1, -0.05) is 29.8 Å². The number of ketones is 1. The first-order chi connectivity index (χ1) is 11.2. The van der Waals surface area contributed by atoms with Gasteiger partial charge in [0, 0.05) is 41.9 Å². The molecule has 0 saturated carbocycles.